The lowest BCUT2D eigenvalue weighted by Gasteiger charge is -2.25. The van der Waals surface area contributed by atoms with Crippen molar-refractivity contribution in [2.45, 2.75) is 51.5 Å². The number of sulfonamides is 1. The van der Waals surface area contributed by atoms with Crippen LogP contribution in [0.1, 0.15) is 35.1 Å². The number of carbonyl (C=O) groups excluding carboxylic acids is 2. The highest BCUT2D eigenvalue weighted by molar-refractivity contribution is 7.89. The van der Waals surface area contributed by atoms with Gasteiger partial charge in [0.05, 0.1) is 4.90 Å². The zero-order valence-corrected chi connectivity index (χ0v) is 19.2. The molecule has 3 rings (SSSR count). The number of amides is 2. The smallest absolute Gasteiger partial charge is 0.313 e. The molecule has 0 saturated carbocycles. The predicted octanol–water partition coefficient (Wildman–Crippen LogP) is 2.83. The van der Waals surface area contributed by atoms with Crippen molar-refractivity contribution in [1.82, 2.24) is 9.62 Å². The van der Waals surface area contributed by atoms with E-state index in [-0.39, 0.29) is 12.6 Å². The van der Waals surface area contributed by atoms with Crippen LogP contribution in [0.15, 0.2) is 41.3 Å². The summed E-state index contributed by atoms with van der Waals surface area (Å²) in [5.74, 6) is -1.54. The fraction of sp³-hybridized carbons (Fsp3) is 0.391. The molecule has 31 heavy (non-hydrogen) atoms. The normalized spacial score (nSPS) is 16.8. The number of nitrogens with zero attached hydrogens (tertiary/aromatic N) is 1. The first-order valence-electron chi connectivity index (χ1n) is 10.4. The minimum atomic E-state index is -3.69. The van der Waals surface area contributed by atoms with Crippen LogP contribution < -0.4 is 10.6 Å². The van der Waals surface area contributed by atoms with E-state index in [9.17, 15) is 18.0 Å². The molecule has 7 nitrogen and oxygen atoms in total. The summed E-state index contributed by atoms with van der Waals surface area (Å²) in [5.41, 5.74) is 3.90. The molecule has 1 fully saturated rings. The zero-order valence-electron chi connectivity index (χ0n) is 18.4. The van der Waals surface area contributed by atoms with Crippen LogP contribution in [-0.2, 0) is 19.6 Å². The Labute approximate surface area is 183 Å². The molecule has 1 aliphatic heterocycles. The average Bonchev–Trinajstić information content (AvgIpc) is 3.20. The Kier molecular flexibility index (Phi) is 6.81. The molecule has 0 aromatic heterocycles. The Hall–Kier alpha value is -2.71. The van der Waals surface area contributed by atoms with Gasteiger partial charge >= 0.3 is 11.8 Å². The summed E-state index contributed by atoms with van der Waals surface area (Å²) >= 11 is 0. The molecule has 0 radical (unpaired) electrons. The van der Waals surface area contributed by atoms with Crippen molar-refractivity contribution in [3.8, 4) is 0 Å². The van der Waals surface area contributed by atoms with Crippen LogP contribution >= 0.6 is 0 Å². The van der Waals surface area contributed by atoms with E-state index >= 15 is 0 Å². The largest absolute Gasteiger partial charge is 0.346 e. The van der Waals surface area contributed by atoms with Crippen LogP contribution in [-0.4, -0.2) is 43.7 Å². The Morgan fingerprint density at radius 3 is 2.35 bits per heavy atom. The van der Waals surface area contributed by atoms with Gasteiger partial charge in [-0.15, -0.1) is 0 Å². The van der Waals surface area contributed by atoms with Crippen LogP contribution in [0.2, 0.25) is 0 Å². The fourth-order valence-electron chi connectivity index (χ4n) is 3.91. The van der Waals surface area contributed by atoms with Gasteiger partial charge in [-0.25, -0.2) is 8.42 Å². The lowest BCUT2D eigenvalue weighted by atomic mass is 10.1. The summed E-state index contributed by atoms with van der Waals surface area (Å²) in [7, 11) is -3.69. The maximum Gasteiger partial charge on any atom is 0.313 e. The highest BCUT2D eigenvalue weighted by Gasteiger charge is 2.36. The SMILES string of the molecule is Cc1ccc(C)c(S(=O)(=O)N2CCC[C@@H]2CNC(=O)C(=O)Nc2c(C)cccc2C)c1. The van der Waals surface area contributed by atoms with Gasteiger partial charge in [-0.05, 0) is 68.9 Å². The standard InChI is InChI=1S/C23H29N3O4S/c1-15-10-11-16(2)20(13-15)31(29,30)26-12-6-9-19(26)14-24-22(27)23(28)25-21-17(3)7-5-8-18(21)4/h5,7-8,10-11,13,19H,6,9,12,14H2,1-4H3,(H,24,27)(H,25,28)/t19-/m1/s1. The first kappa shape index (κ1) is 23.0. The maximum absolute atomic E-state index is 13.2. The summed E-state index contributed by atoms with van der Waals surface area (Å²) in [6.07, 6.45) is 1.34. The van der Waals surface area contributed by atoms with Gasteiger partial charge < -0.3 is 10.6 Å². The quantitative estimate of drug-likeness (QED) is 0.695. The van der Waals surface area contributed by atoms with Gasteiger partial charge in [0.1, 0.15) is 0 Å². The summed E-state index contributed by atoms with van der Waals surface area (Å²) in [4.78, 5) is 25.0. The number of nitrogens with one attached hydrogen (secondary N) is 2. The predicted molar refractivity (Wildman–Crippen MR) is 120 cm³/mol. The van der Waals surface area contributed by atoms with Gasteiger partial charge in [-0.1, -0.05) is 30.3 Å². The van der Waals surface area contributed by atoms with Gasteiger partial charge in [0, 0.05) is 24.8 Å². The van der Waals surface area contributed by atoms with Crippen LogP contribution in [0.4, 0.5) is 5.69 Å². The number of para-hydroxylation sites is 1. The van der Waals surface area contributed by atoms with Crippen molar-refractivity contribution >= 4 is 27.5 Å². The molecular formula is C23H29N3O4S. The molecule has 2 aromatic rings. The van der Waals surface area contributed by atoms with E-state index in [1.165, 1.54) is 4.31 Å². The molecule has 0 aliphatic carbocycles. The lowest BCUT2D eigenvalue weighted by molar-refractivity contribution is -0.136. The van der Waals surface area contributed by atoms with Gasteiger partial charge in [0.25, 0.3) is 0 Å². The van der Waals surface area contributed by atoms with E-state index < -0.39 is 21.8 Å². The van der Waals surface area contributed by atoms with Crippen LogP contribution in [0.25, 0.3) is 0 Å². The van der Waals surface area contributed by atoms with E-state index in [0.29, 0.717) is 35.5 Å². The monoisotopic (exact) mass is 443 g/mol. The number of rotatable bonds is 5. The minimum Gasteiger partial charge on any atom is -0.346 e. The van der Waals surface area contributed by atoms with Crippen LogP contribution in [0, 0.1) is 27.7 Å². The Morgan fingerprint density at radius 1 is 1.00 bits per heavy atom. The molecule has 8 heteroatoms. The van der Waals surface area contributed by atoms with Crippen molar-refractivity contribution in [3.05, 3.63) is 58.7 Å². The van der Waals surface area contributed by atoms with Crippen molar-refractivity contribution in [1.29, 1.82) is 0 Å². The van der Waals surface area contributed by atoms with Crippen LogP contribution in [0.5, 0.6) is 0 Å². The van der Waals surface area contributed by atoms with E-state index in [4.69, 9.17) is 0 Å². The third-order valence-electron chi connectivity index (χ3n) is 5.68. The van der Waals surface area contributed by atoms with Crippen molar-refractivity contribution < 1.29 is 18.0 Å². The highest BCUT2D eigenvalue weighted by Crippen LogP contribution is 2.28. The summed E-state index contributed by atoms with van der Waals surface area (Å²) in [5, 5.41) is 5.26. The van der Waals surface area contributed by atoms with Crippen molar-refractivity contribution in [2.75, 3.05) is 18.4 Å². The highest BCUT2D eigenvalue weighted by atomic mass is 32.2. The van der Waals surface area contributed by atoms with Gasteiger partial charge in [0.2, 0.25) is 10.0 Å². The average molecular weight is 444 g/mol. The number of carbonyl (C=O) groups is 2. The summed E-state index contributed by atoms with van der Waals surface area (Å²) in [6, 6.07) is 10.6. The third-order valence-corrected chi connectivity index (χ3v) is 7.77. The Morgan fingerprint density at radius 2 is 1.68 bits per heavy atom. The molecule has 1 heterocycles. The maximum atomic E-state index is 13.2. The van der Waals surface area contributed by atoms with Gasteiger partial charge in [0.15, 0.2) is 0 Å². The molecule has 2 aromatic carbocycles. The molecule has 1 aliphatic rings. The molecule has 1 saturated heterocycles. The molecule has 0 bridgehead atoms. The second-order valence-electron chi connectivity index (χ2n) is 8.11. The minimum absolute atomic E-state index is 0.0864. The number of anilines is 1. The molecule has 2 amide bonds. The molecule has 0 spiro atoms. The van der Waals surface area contributed by atoms with E-state index in [2.05, 4.69) is 10.6 Å². The number of hydrogen-bond donors (Lipinski definition) is 2. The number of hydrogen-bond acceptors (Lipinski definition) is 4. The second kappa shape index (κ2) is 9.20. The summed E-state index contributed by atoms with van der Waals surface area (Å²) < 4.78 is 27.9. The summed E-state index contributed by atoms with van der Waals surface area (Å²) in [6.45, 7) is 7.82. The van der Waals surface area contributed by atoms with Gasteiger partial charge in [-0.2, -0.15) is 4.31 Å². The first-order chi connectivity index (χ1) is 14.6. The third kappa shape index (κ3) is 4.97. The molecule has 0 unspecified atom stereocenters. The topological polar surface area (TPSA) is 95.6 Å². The number of benzene rings is 2. The second-order valence-corrected chi connectivity index (χ2v) is 9.97. The zero-order chi connectivity index (χ0) is 22.8. The van der Waals surface area contributed by atoms with E-state index in [1.54, 1.807) is 19.1 Å². The fourth-order valence-corrected chi connectivity index (χ4v) is 5.92. The lowest BCUT2D eigenvalue weighted by Crippen LogP contribution is -2.45. The Bertz CT molecular complexity index is 1090. The van der Waals surface area contributed by atoms with Crippen molar-refractivity contribution in [2.24, 2.45) is 0 Å². The molecule has 2 N–H and O–H groups in total. The number of aryl methyl sites for hydroxylation is 4. The first-order valence-corrected chi connectivity index (χ1v) is 11.8. The molecule has 166 valence electrons. The van der Waals surface area contributed by atoms with Crippen molar-refractivity contribution in [3.63, 3.8) is 0 Å². The van der Waals surface area contributed by atoms with Crippen LogP contribution in [0.3, 0.4) is 0 Å². The Balaban J connectivity index is 1.67. The molecule has 1 atom stereocenters. The van der Waals surface area contributed by atoms with E-state index in [0.717, 1.165) is 16.7 Å². The van der Waals surface area contributed by atoms with E-state index in [1.807, 2.05) is 45.0 Å². The van der Waals surface area contributed by atoms with Gasteiger partial charge in [-0.3, -0.25) is 9.59 Å². The molecular weight excluding hydrogens is 414 g/mol.